The monoisotopic (exact) mass is 419 g/mol. The van der Waals surface area contributed by atoms with E-state index in [1.165, 1.54) is 29.2 Å². The normalized spacial score (nSPS) is 17.3. The molecule has 0 bridgehead atoms. The standard InChI is InChI=1S/C24H22FN3O3/c1-15(20-9-5-7-17-6-3-4-8-21(17)20)26-22(29)14-27-23(30)16(2)28(24(27)31)19-12-10-18(25)11-13-19/h3-13,15-16H,14H2,1-2H3,(H,26,29)/t15-,16-/m1/s1. The molecule has 0 aliphatic carbocycles. The van der Waals surface area contributed by atoms with Gasteiger partial charge in [0.05, 0.1) is 6.04 Å². The van der Waals surface area contributed by atoms with E-state index in [1.54, 1.807) is 6.92 Å². The summed E-state index contributed by atoms with van der Waals surface area (Å²) in [6.07, 6.45) is 0. The number of fused-ring (bicyclic) bond motifs is 1. The number of carbonyl (C=O) groups excluding carboxylic acids is 3. The predicted octanol–water partition coefficient (Wildman–Crippen LogP) is 4.01. The average Bonchev–Trinajstić information content (AvgIpc) is 2.97. The maximum atomic E-state index is 13.2. The van der Waals surface area contributed by atoms with Crippen molar-refractivity contribution in [2.75, 3.05) is 11.4 Å². The number of nitrogens with one attached hydrogen (secondary N) is 1. The molecule has 2 atom stereocenters. The van der Waals surface area contributed by atoms with Gasteiger partial charge < -0.3 is 5.32 Å². The fourth-order valence-electron chi connectivity index (χ4n) is 3.94. The molecular formula is C24H22FN3O3. The van der Waals surface area contributed by atoms with E-state index in [0.717, 1.165) is 21.2 Å². The number of rotatable bonds is 5. The molecule has 1 saturated heterocycles. The molecule has 0 spiro atoms. The molecule has 0 saturated carbocycles. The molecule has 0 radical (unpaired) electrons. The zero-order valence-corrected chi connectivity index (χ0v) is 17.2. The van der Waals surface area contributed by atoms with E-state index in [2.05, 4.69) is 5.32 Å². The van der Waals surface area contributed by atoms with Crippen LogP contribution in [0.25, 0.3) is 10.8 Å². The van der Waals surface area contributed by atoms with Crippen molar-refractivity contribution in [2.45, 2.75) is 25.9 Å². The lowest BCUT2D eigenvalue weighted by Gasteiger charge is -2.20. The number of carbonyl (C=O) groups is 3. The predicted molar refractivity (Wildman–Crippen MR) is 116 cm³/mol. The Hall–Kier alpha value is -3.74. The first-order valence-electron chi connectivity index (χ1n) is 10.0. The number of halogens is 1. The summed E-state index contributed by atoms with van der Waals surface area (Å²) < 4.78 is 13.2. The minimum atomic E-state index is -0.777. The van der Waals surface area contributed by atoms with Crippen LogP contribution in [-0.2, 0) is 9.59 Å². The summed E-state index contributed by atoms with van der Waals surface area (Å²) in [7, 11) is 0. The van der Waals surface area contributed by atoms with Crippen LogP contribution in [0, 0.1) is 5.82 Å². The second-order valence-electron chi connectivity index (χ2n) is 7.59. The molecule has 1 aliphatic rings. The van der Waals surface area contributed by atoms with E-state index < -0.39 is 29.7 Å². The van der Waals surface area contributed by atoms with E-state index in [-0.39, 0.29) is 12.6 Å². The van der Waals surface area contributed by atoms with Crippen molar-refractivity contribution in [3.63, 3.8) is 0 Å². The molecule has 158 valence electrons. The molecule has 1 aliphatic heterocycles. The maximum absolute atomic E-state index is 13.2. The number of imide groups is 1. The Labute approximate surface area is 179 Å². The van der Waals surface area contributed by atoms with Gasteiger partial charge in [0.15, 0.2) is 0 Å². The molecule has 6 nitrogen and oxygen atoms in total. The molecule has 1 N–H and O–H groups in total. The number of hydrogen-bond acceptors (Lipinski definition) is 3. The fraction of sp³-hybridized carbons (Fsp3) is 0.208. The van der Waals surface area contributed by atoms with Crippen molar-refractivity contribution in [3.8, 4) is 0 Å². The highest BCUT2D eigenvalue weighted by Gasteiger charge is 2.44. The van der Waals surface area contributed by atoms with Crippen LogP contribution in [-0.4, -0.2) is 35.3 Å². The highest BCUT2D eigenvalue weighted by molar-refractivity contribution is 6.15. The summed E-state index contributed by atoms with van der Waals surface area (Å²) in [6.45, 7) is 3.07. The van der Waals surface area contributed by atoms with Crippen LogP contribution in [0.3, 0.4) is 0 Å². The van der Waals surface area contributed by atoms with Gasteiger partial charge in [-0.05, 0) is 54.4 Å². The van der Waals surface area contributed by atoms with Crippen molar-refractivity contribution in [3.05, 3.63) is 78.1 Å². The Morgan fingerprint density at radius 3 is 2.45 bits per heavy atom. The first-order valence-corrected chi connectivity index (χ1v) is 10.0. The summed E-state index contributed by atoms with van der Waals surface area (Å²) >= 11 is 0. The van der Waals surface area contributed by atoms with E-state index in [9.17, 15) is 18.8 Å². The minimum Gasteiger partial charge on any atom is -0.348 e. The van der Waals surface area contributed by atoms with Crippen molar-refractivity contribution >= 4 is 34.3 Å². The Bertz CT molecular complexity index is 1160. The summed E-state index contributed by atoms with van der Waals surface area (Å²) in [5.41, 5.74) is 1.35. The second kappa shape index (κ2) is 8.18. The SMILES string of the molecule is C[C@@H]1C(=O)N(CC(=O)N[C@H](C)c2cccc3ccccc23)C(=O)N1c1ccc(F)cc1. The third-order valence-corrected chi connectivity index (χ3v) is 5.52. The summed E-state index contributed by atoms with van der Waals surface area (Å²) in [5, 5.41) is 4.97. The van der Waals surface area contributed by atoms with E-state index in [0.29, 0.717) is 5.69 Å². The first-order chi connectivity index (χ1) is 14.9. The zero-order chi connectivity index (χ0) is 22.1. The number of anilines is 1. The van der Waals surface area contributed by atoms with E-state index in [1.807, 2.05) is 49.4 Å². The van der Waals surface area contributed by atoms with Crippen molar-refractivity contribution in [1.29, 1.82) is 0 Å². The summed E-state index contributed by atoms with van der Waals surface area (Å²) in [6, 6.07) is 17.4. The van der Waals surface area contributed by atoms with Gasteiger partial charge in [0.2, 0.25) is 5.91 Å². The highest BCUT2D eigenvalue weighted by Crippen LogP contribution is 2.27. The van der Waals surface area contributed by atoms with Crippen LogP contribution < -0.4 is 10.2 Å². The lowest BCUT2D eigenvalue weighted by molar-refractivity contribution is -0.132. The van der Waals surface area contributed by atoms with Gasteiger partial charge in [-0.2, -0.15) is 0 Å². The van der Waals surface area contributed by atoms with Gasteiger partial charge in [0.25, 0.3) is 5.91 Å². The molecular weight excluding hydrogens is 397 g/mol. The molecule has 3 aromatic rings. The van der Waals surface area contributed by atoms with Crippen LogP contribution in [0.1, 0.15) is 25.5 Å². The molecule has 31 heavy (non-hydrogen) atoms. The molecule has 1 fully saturated rings. The summed E-state index contributed by atoms with van der Waals surface area (Å²) in [4.78, 5) is 40.4. The number of nitrogens with zero attached hydrogens (tertiary/aromatic N) is 2. The lowest BCUT2D eigenvalue weighted by atomic mass is 10.00. The van der Waals surface area contributed by atoms with Gasteiger partial charge in [0.1, 0.15) is 18.4 Å². The summed E-state index contributed by atoms with van der Waals surface area (Å²) in [5.74, 6) is -1.34. The molecule has 0 aromatic heterocycles. The van der Waals surface area contributed by atoms with Crippen LogP contribution in [0.2, 0.25) is 0 Å². The molecule has 4 amide bonds. The second-order valence-corrected chi connectivity index (χ2v) is 7.59. The third-order valence-electron chi connectivity index (χ3n) is 5.52. The molecule has 4 rings (SSSR count). The van der Waals surface area contributed by atoms with Gasteiger partial charge in [-0.1, -0.05) is 42.5 Å². The lowest BCUT2D eigenvalue weighted by Crippen LogP contribution is -2.42. The Kier molecular flexibility index (Phi) is 5.42. The van der Waals surface area contributed by atoms with E-state index >= 15 is 0 Å². The third kappa shape index (κ3) is 3.86. The van der Waals surface area contributed by atoms with Crippen LogP contribution in [0.5, 0.6) is 0 Å². The van der Waals surface area contributed by atoms with Crippen molar-refractivity contribution < 1.29 is 18.8 Å². The number of hydrogen-bond donors (Lipinski definition) is 1. The largest absolute Gasteiger partial charge is 0.348 e. The Morgan fingerprint density at radius 1 is 1.03 bits per heavy atom. The van der Waals surface area contributed by atoms with Crippen molar-refractivity contribution in [2.24, 2.45) is 0 Å². The topological polar surface area (TPSA) is 69.7 Å². The van der Waals surface area contributed by atoms with Gasteiger partial charge >= 0.3 is 6.03 Å². The van der Waals surface area contributed by atoms with Crippen LogP contribution >= 0.6 is 0 Å². The van der Waals surface area contributed by atoms with Gasteiger partial charge in [-0.3, -0.25) is 19.4 Å². The van der Waals surface area contributed by atoms with Gasteiger partial charge in [-0.25, -0.2) is 9.18 Å². The van der Waals surface area contributed by atoms with Gasteiger partial charge in [0, 0.05) is 5.69 Å². The molecule has 0 unspecified atom stereocenters. The quantitative estimate of drug-likeness (QED) is 0.635. The van der Waals surface area contributed by atoms with Crippen LogP contribution in [0.4, 0.5) is 14.9 Å². The van der Waals surface area contributed by atoms with E-state index in [4.69, 9.17) is 0 Å². The first kappa shape index (κ1) is 20.5. The average molecular weight is 419 g/mol. The van der Waals surface area contributed by atoms with Crippen LogP contribution in [0.15, 0.2) is 66.7 Å². The fourth-order valence-corrected chi connectivity index (χ4v) is 3.94. The zero-order valence-electron chi connectivity index (χ0n) is 17.2. The minimum absolute atomic E-state index is 0.308. The molecule has 7 heteroatoms. The number of urea groups is 1. The number of amides is 4. The van der Waals surface area contributed by atoms with Gasteiger partial charge in [-0.15, -0.1) is 0 Å². The molecule has 3 aromatic carbocycles. The highest BCUT2D eigenvalue weighted by atomic mass is 19.1. The number of benzene rings is 3. The Morgan fingerprint density at radius 2 is 1.71 bits per heavy atom. The smallest absolute Gasteiger partial charge is 0.332 e. The maximum Gasteiger partial charge on any atom is 0.332 e. The molecule has 1 heterocycles. The Balaban J connectivity index is 1.48. The van der Waals surface area contributed by atoms with Crippen molar-refractivity contribution in [1.82, 2.24) is 10.2 Å².